The van der Waals surface area contributed by atoms with Crippen LogP contribution in [0.25, 0.3) is 11.4 Å². The highest BCUT2D eigenvalue weighted by atomic mass is 16.2. The number of benzene rings is 1. The van der Waals surface area contributed by atoms with Crippen LogP contribution in [0.3, 0.4) is 0 Å². The lowest BCUT2D eigenvalue weighted by Gasteiger charge is -2.33. The molecule has 1 aliphatic heterocycles. The Morgan fingerprint density at radius 1 is 1.36 bits per heavy atom. The Labute approximate surface area is 129 Å². The van der Waals surface area contributed by atoms with Crippen LogP contribution in [-0.4, -0.2) is 56.7 Å². The van der Waals surface area contributed by atoms with Crippen molar-refractivity contribution in [2.45, 2.75) is 26.4 Å². The van der Waals surface area contributed by atoms with Gasteiger partial charge in [-0.2, -0.15) is 4.80 Å². The number of nitrogens with one attached hydrogen (secondary N) is 1. The van der Waals surface area contributed by atoms with Crippen molar-refractivity contribution in [3.63, 3.8) is 0 Å². The monoisotopic (exact) mass is 300 g/mol. The van der Waals surface area contributed by atoms with Gasteiger partial charge in [0.2, 0.25) is 11.7 Å². The number of rotatable bonds is 3. The van der Waals surface area contributed by atoms with E-state index in [0.29, 0.717) is 5.82 Å². The molecule has 22 heavy (non-hydrogen) atoms. The first-order valence-electron chi connectivity index (χ1n) is 7.48. The summed E-state index contributed by atoms with van der Waals surface area (Å²) < 4.78 is 0. The maximum atomic E-state index is 12.3. The van der Waals surface area contributed by atoms with E-state index in [-0.39, 0.29) is 18.5 Å². The van der Waals surface area contributed by atoms with Gasteiger partial charge in [-0.05, 0) is 19.1 Å². The Morgan fingerprint density at radius 2 is 2.14 bits per heavy atom. The van der Waals surface area contributed by atoms with Crippen LogP contribution in [0.5, 0.6) is 0 Å². The molecule has 116 valence electrons. The first-order valence-corrected chi connectivity index (χ1v) is 7.48. The van der Waals surface area contributed by atoms with Crippen LogP contribution >= 0.6 is 0 Å². The lowest BCUT2D eigenvalue weighted by atomic mass is 10.1. The molecule has 1 fully saturated rings. The van der Waals surface area contributed by atoms with E-state index in [4.69, 9.17) is 0 Å². The van der Waals surface area contributed by atoms with E-state index in [1.807, 2.05) is 43.0 Å². The van der Waals surface area contributed by atoms with Crippen molar-refractivity contribution < 1.29 is 4.79 Å². The lowest BCUT2D eigenvalue weighted by Crippen LogP contribution is -2.53. The normalized spacial score (nSPS) is 18.5. The second-order valence-electron chi connectivity index (χ2n) is 5.65. The molecule has 1 N–H and O–H groups in total. The smallest absolute Gasteiger partial charge is 0.246 e. The summed E-state index contributed by atoms with van der Waals surface area (Å²) in [6, 6.07) is 8.11. The predicted molar refractivity (Wildman–Crippen MR) is 82.0 cm³/mol. The van der Waals surface area contributed by atoms with Gasteiger partial charge in [-0.15, -0.1) is 10.2 Å². The Morgan fingerprint density at radius 3 is 2.86 bits per heavy atom. The second kappa shape index (κ2) is 6.23. The van der Waals surface area contributed by atoms with E-state index >= 15 is 0 Å². The van der Waals surface area contributed by atoms with Gasteiger partial charge >= 0.3 is 0 Å². The van der Waals surface area contributed by atoms with Crippen LogP contribution in [0, 0.1) is 6.92 Å². The third-order valence-electron chi connectivity index (χ3n) is 3.86. The molecule has 1 aliphatic rings. The van der Waals surface area contributed by atoms with Gasteiger partial charge in [0.1, 0.15) is 6.54 Å². The van der Waals surface area contributed by atoms with Crippen LogP contribution in [-0.2, 0) is 11.3 Å². The summed E-state index contributed by atoms with van der Waals surface area (Å²) in [4.78, 5) is 15.6. The van der Waals surface area contributed by atoms with E-state index in [9.17, 15) is 4.79 Å². The number of tetrazole rings is 1. The number of nitrogens with zero attached hydrogens (tertiary/aromatic N) is 5. The van der Waals surface area contributed by atoms with Crippen molar-refractivity contribution in [1.82, 2.24) is 30.4 Å². The number of piperazine rings is 1. The third-order valence-corrected chi connectivity index (χ3v) is 3.86. The molecule has 1 unspecified atom stereocenters. The topological polar surface area (TPSA) is 75.9 Å². The second-order valence-corrected chi connectivity index (χ2v) is 5.65. The molecule has 0 aliphatic carbocycles. The number of carbonyl (C=O) groups is 1. The molecule has 3 rings (SSSR count). The fraction of sp³-hybridized carbons (Fsp3) is 0.467. The van der Waals surface area contributed by atoms with E-state index < -0.39 is 0 Å². The zero-order valence-corrected chi connectivity index (χ0v) is 12.9. The van der Waals surface area contributed by atoms with Gasteiger partial charge in [0.25, 0.3) is 0 Å². The zero-order valence-electron chi connectivity index (χ0n) is 12.9. The van der Waals surface area contributed by atoms with Gasteiger partial charge in [-0.3, -0.25) is 4.79 Å². The quantitative estimate of drug-likeness (QED) is 0.891. The SMILES string of the molecule is Cc1ccc(-c2nnn(CC(=O)N3CCNCC3C)n2)cc1. The van der Waals surface area contributed by atoms with Crippen LogP contribution in [0.2, 0.25) is 0 Å². The maximum absolute atomic E-state index is 12.3. The Hall–Kier alpha value is -2.28. The summed E-state index contributed by atoms with van der Waals surface area (Å²) in [7, 11) is 0. The average Bonchev–Trinajstić information content (AvgIpc) is 2.97. The standard InChI is InChI=1S/C15H20N6O/c1-11-3-5-13(6-4-11)15-17-19-21(18-15)10-14(22)20-8-7-16-9-12(20)2/h3-6,12,16H,7-10H2,1-2H3. The van der Waals surface area contributed by atoms with Gasteiger partial charge in [0.15, 0.2) is 0 Å². The van der Waals surface area contributed by atoms with E-state index in [1.54, 1.807) is 0 Å². The molecule has 7 nitrogen and oxygen atoms in total. The number of amides is 1. The van der Waals surface area contributed by atoms with Crippen molar-refractivity contribution in [3.05, 3.63) is 29.8 Å². The van der Waals surface area contributed by atoms with E-state index in [2.05, 4.69) is 20.7 Å². The Kier molecular flexibility index (Phi) is 4.15. The molecule has 0 bridgehead atoms. The highest BCUT2D eigenvalue weighted by Gasteiger charge is 2.23. The number of carbonyl (C=O) groups excluding carboxylic acids is 1. The molecule has 1 atom stereocenters. The molecule has 0 saturated carbocycles. The summed E-state index contributed by atoms with van der Waals surface area (Å²) >= 11 is 0. The minimum absolute atomic E-state index is 0.0295. The number of aryl methyl sites for hydroxylation is 1. The molecule has 0 radical (unpaired) electrons. The molecule has 2 aromatic rings. The fourth-order valence-corrected chi connectivity index (χ4v) is 2.55. The summed E-state index contributed by atoms with van der Waals surface area (Å²) in [5, 5.41) is 15.6. The molecule has 1 aromatic carbocycles. The summed E-state index contributed by atoms with van der Waals surface area (Å²) in [6.07, 6.45) is 0. The van der Waals surface area contributed by atoms with E-state index in [0.717, 1.165) is 25.2 Å². The molecule has 1 aromatic heterocycles. The molecular weight excluding hydrogens is 280 g/mol. The molecule has 0 spiro atoms. The number of hydrogen-bond donors (Lipinski definition) is 1. The summed E-state index contributed by atoms with van der Waals surface area (Å²) in [5.74, 6) is 0.572. The molecular formula is C15H20N6O. The minimum atomic E-state index is 0.0295. The van der Waals surface area contributed by atoms with Crippen LogP contribution < -0.4 is 5.32 Å². The summed E-state index contributed by atoms with van der Waals surface area (Å²) in [6.45, 7) is 6.57. The average molecular weight is 300 g/mol. The number of hydrogen-bond acceptors (Lipinski definition) is 5. The molecule has 1 saturated heterocycles. The van der Waals surface area contributed by atoms with Crippen LogP contribution in [0.4, 0.5) is 0 Å². The largest absolute Gasteiger partial charge is 0.336 e. The fourth-order valence-electron chi connectivity index (χ4n) is 2.55. The van der Waals surface area contributed by atoms with E-state index in [1.165, 1.54) is 10.4 Å². The predicted octanol–water partition coefficient (Wildman–Crippen LogP) is 0.469. The van der Waals surface area contributed by atoms with Crippen LogP contribution in [0.1, 0.15) is 12.5 Å². The van der Waals surface area contributed by atoms with Crippen LogP contribution in [0.15, 0.2) is 24.3 Å². The first-order chi connectivity index (χ1) is 10.6. The molecule has 2 heterocycles. The maximum Gasteiger partial charge on any atom is 0.246 e. The van der Waals surface area contributed by atoms with Gasteiger partial charge in [-0.1, -0.05) is 29.8 Å². The van der Waals surface area contributed by atoms with Crippen molar-refractivity contribution in [2.24, 2.45) is 0 Å². The van der Waals surface area contributed by atoms with Crippen molar-refractivity contribution in [1.29, 1.82) is 0 Å². The van der Waals surface area contributed by atoms with Gasteiger partial charge < -0.3 is 10.2 Å². The third kappa shape index (κ3) is 3.14. The highest BCUT2D eigenvalue weighted by molar-refractivity contribution is 5.76. The van der Waals surface area contributed by atoms with Crippen molar-refractivity contribution in [3.8, 4) is 11.4 Å². The van der Waals surface area contributed by atoms with Gasteiger partial charge in [-0.25, -0.2) is 0 Å². The Bertz CT molecular complexity index is 650. The minimum Gasteiger partial charge on any atom is -0.336 e. The highest BCUT2D eigenvalue weighted by Crippen LogP contribution is 2.14. The first kappa shape index (κ1) is 14.6. The van der Waals surface area contributed by atoms with Crippen molar-refractivity contribution >= 4 is 5.91 Å². The Balaban J connectivity index is 1.68. The lowest BCUT2D eigenvalue weighted by molar-refractivity contribution is -0.135. The molecule has 1 amide bonds. The number of aromatic nitrogens is 4. The molecule has 7 heteroatoms. The van der Waals surface area contributed by atoms with Crippen molar-refractivity contribution in [2.75, 3.05) is 19.6 Å². The zero-order chi connectivity index (χ0) is 15.5. The van der Waals surface area contributed by atoms with Gasteiger partial charge in [0, 0.05) is 31.2 Å². The summed E-state index contributed by atoms with van der Waals surface area (Å²) in [5.41, 5.74) is 2.08. The van der Waals surface area contributed by atoms with Gasteiger partial charge in [0.05, 0.1) is 0 Å².